The van der Waals surface area contributed by atoms with Gasteiger partial charge in [0.1, 0.15) is 0 Å². The highest BCUT2D eigenvalue weighted by Crippen LogP contribution is 2.22. The van der Waals surface area contributed by atoms with Crippen LogP contribution in [0.5, 0.6) is 0 Å². The number of benzene rings is 1. The number of amides is 1. The lowest BCUT2D eigenvalue weighted by Crippen LogP contribution is -2.36. The molecule has 1 aliphatic rings. The smallest absolute Gasteiger partial charge is 0.316 e. The van der Waals surface area contributed by atoms with Crippen molar-refractivity contribution in [3.63, 3.8) is 0 Å². The first-order valence-corrected chi connectivity index (χ1v) is 7.71. The van der Waals surface area contributed by atoms with Crippen LogP contribution >= 0.6 is 0 Å². The van der Waals surface area contributed by atoms with Crippen LogP contribution in [0.2, 0.25) is 0 Å². The molecule has 23 heavy (non-hydrogen) atoms. The van der Waals surface area contributed by atoms with Crippen molar-refractivity contribution < 1.29 is 14.1 Å². The molecule has 0 bridgehead atoms. The van der Waals surface area contributed by atoms with Gasteiger partial charge in [0.25, 0.3) is 0 Å². The van der Waals surface area contributed by atoms with Crippen molar-refractivity contribution in [1.29, 1.82) is 0 Å². The van der Waals surface area contributed by atoms with Crippen LogP contribution in [0, 0.1) is 0 Å². The van der Waals surface area contributed by atoms with E-state index in [9.17, 15) is 4.79 Å². The first-order valence-electron chi connectivity index (χ1n) is 7.71. The molecule has 2 aromatic rings. The Morgan fingerprint density at radius 1 is 1.22 bits per heavy atom. The van der Waals surface area contributed by atoms with Crippen LogP contribution in [0.1, 0.15) is 24.5 Å². The van der Waals surface area contributed by atoms with E-state index in [4.69, 9.17) is 9.26 Å². The number of morpholine rings is 1. The maximum atomic E-state index is 11.8. The third-order valence-corrected chi connectivity index (χ3v) is 3.54. The number of ether oxygens (including phenoxy) is 1. The SMILES string of the molecule is CC(C)NC(=O)c1nc(-c2ccc(N3CCOCC3)cc2)no1. The van der Waals surface area contributed by atoms with Gasteiger partial charge >= 0.3 is 11.8 Å². The van der Waals surface area contributed by atoms with Crippen molar-refractivity contribution in [2.75, 3.05) is 31.2 Å². The van der Waals surface area contributed by atoms with Crippen molar-refractivity contribution in [3.8, 4) is 11.4 Å². The lowest BCUT2D eigenvalue weighted by molar-refractivity contribution is 0.0899. The van der Waals surface area contributed by atoms with E-state index in [2.05, 4.69) is 20.4 Å². The van der Waals surface area contributed by atoms with E-state index in [0.29, 0.717) is 5.82 Å². The van der Waals surface area contributed by atoms with Crippen LogP contribution in [-0.2, 0) is 4.74 Å². The molecule has 1 fully saturated rings. The van der Waals surface area contributed by atoms with Gasteiger partial charge in [-0.3, -0.25) is 4.79 Å². The van der Waals surface area contributed by atoms with E-state index in [1.54, 1.807) is 0 Å². The predicted molar refractivity (Wildman–Crippen MR) is 85.4 cm³/mol. The monoisotopic (exact) mass is 316 g/mol. The first-order chi connectivity index (χ1) is 11.1. The van der Waals surface area contributed by atoms with Gasteiger partial charge in [-0.2, -0.15) is 4.98 Å². The topological polar surface area (TPSA) is 80.5 Å². The Morgan fingerprint density at radius 3 is 2.57 bits per heavy atom. The Morgan fingerprint density at radius 2 is 1.91 bits per heavy atom. The Kier molecular flexibility index (Phi) is 4.57. The zero-order valence-corrected chi connectivity index (χ0v) is 13.3. The van der Waals surface area contributed by atoms with Crippen LogP contribution in [0.3, 0.4) is 0 Å². The molecule has 0 saturated carbocycles. The molecule has 1 N–H and O–H groups in total. The van der Waals surface area contributed by atoms with Crippen LogP contribution in [0.4, 0.5) is 5.69 Å². The highest BCUT2D eigenvalue weighted by Gasteiger charge is 2.17. The molecule has 1 amide bonds. The van der Waals surface area contributed by atoms with Gasteiger partial charge in [0.05, 0.1) is 13.2 Å². The number of carbonyl (C=O) groups excluding carboxylic acids is 1. The summed E-state index contributed by atoms with van der Waals surface area (Å²) in [5.41, 5.74) is 1.95. The third kappa shape index (κ3) is 3.68. The number of rotatable bonds is 4. The molecule has 1 saturated heterocycles. The largest absolute Gasteiger partial charge is 0.378 e. The fraction of sp³-hybridized carbons (Fsp3) is 0.438. The van der Waals surface area contributed by atoms with Gasteiger partial charge in [0, 0.05) is 30.4 Å². The molecule has 0 unspecified atom stereocenters. The van der Waals surface area contributed by atoms with Crippen molar-refractivity contribution in [3.05, 3.63) is 30.2 Å². The van der Waals surface area contributed by atoms with E-state index in [-0.39, 0.29) is 17.8 Å². The summed E-state index contributed by atoms with van der Waals surface area (Å²) in [5, 5.41) is 6.60. The normalized spacial score (nSPS) is 15.0. The van der Waals surface area contributed by atoms with Gasteiger partial charge < -0.3 is 19.5 Å². The summed E-state index contributed by atoms with van der Waals surface area (Å²) in [6.45, 7) is 7.03. The van der Waals surface area contributed by atoms with E-state index in [1.807, 2.05) is 38.1 Å². The van der Waals surface area contributed by atoms with Crippen LogP contribution in [0.25, 0.3) is 11.4 Å². The summed E-state index contributed by atoms with van der Waals surface area (Å²) in [6, 6.07) is 7.92. The second kappa shape index (κ2) is 6.78. The summed E-state index contributed by atoms with van der Waals surface area (Å²) in [5.74, 6) is 0.0297. The number of nitrogens with one attached hydrogen (secondary N) is 1. The number of carbonyl (C=O) groups is 1. The summed E-state index contributed by atoms with van der Waals surface area (Å²) in [4.78, 5) is 18.3. The molecule has 1 aromatic heterocycles. The van der Waals surface area contributed by atoms with Crippen molar-refractivity contribution in [2.45, 2.75) is 19.9 Å². The molecule has 0 radical (unpaired) electrons. The lowest BCUT2D eigenvalue weighted by Gasteiger charge is -2.28. The Bertz CT molecular complexity index is 660. The van der Waals surface area contributed by atoms with E-state index in [1.165, 1.54) is 0 Å². The molecule has 7 heteroatoms. The Balaban J connectivity index is 1.72. The van der Waals surface area contributed by atoms with Crippen molar-refractivity contribution in [2.24, 2.45) is 0 Å². The van der Waals surface area contributed by atoms with Gasteiger partial charge in [-0.15, -0.1) is 0 Å². The molecular formula is C16H20N4O3. The van der Waals surface area contributed by atoms with Gasteiger partial charge in [-0.05, 0) is 38.1 Å². The van der Waals surface area contributed by atoms with Crippen molar-refractivity contribution >= 4 is 11.6 Å². The molecule has 2 heterocycles. The summed E-state index contributed by atoms with van der Waals surface area (Å²) in [6.07, 6.45) is 0. The molecular weight excluding hydrogens is 296 g/mol. The second-order valence-corrected chi connectivity index (χ2v) is 5.70. The van der Waals surface area contributed by atoms with E-state index >= 15 is 0 Å². The number of nitrogens with zero attached hydrogens (tertiary/aromatic N) is 3. The van der Waals surface area contributed by atoms with Gasteiger partial charge in [0.15, 0.2) is 0 Å². The number of hydrogen-bond donors (Lipinski definition) is 1. The maximum Gasteiger partial charge on any atom is 0.316 e. The molecule has 122 valence electrons. The maximum absolute atomic E-state index is 11.8. The molecule has 3 rings (SSSR count). The molecule has 1 aromatic carbocycles. The highest BCUT2D eigenvalue weighted by molar-refractivity contribution is 5.90. The summed E-state index contributed by atoms with van der Waals surface area (Å²) < 4.78 is 10.4. The average Bonchev–Trinajstić information content (AvgIpc) is 3.05. The Labute approximate surface area is 134 Å². The Hall–Kier alpha value is -2.41. The van der Waals surface area contributed by atoms with Crippen LogP contribution in [0.15, 0.2) is 28.8 Å². The first kappa shape index (κ1) is 15.5. The molecule has 0 aliphatic carbocycles. The highest BCUT2D eigenvalue weighted by atomic mass is 16.5. The van der Waals surface area contributed by atoms with Gasteiger partial charge in [0.2, 0.25) is 5.82 Å². The third-order valence-electron chi connectivity index (χ3n) is 3.54. The van der Waals surface area contributed by atoms with Crippen LogP contribution < -0.4 is 10.2 Å². The van der Waals surface area contributed by atoms with E-state index in [0.717, 1.165) is 37.6 Å². The standard InChI is InChI=1S/C16H20N4O3/c1-11(2)17-15(21)16-18-14(19-23-16)12-3-5-13(6-4-12)20-7-9-22-10-8-20/h3-6,11H,7-10H2,1-2H3,(H,17,21). The zero-order chi connectivity index (χ0) is 16.2. The second-order valence-electron chi connectivity index (χ2n) is 5.70. The summed E-state index contributed by atoms with van der Waals surface area (Å²) in [7, 11) is 0. The molecule has 0 spiro atoms. The van der Waals surface area contributed by atoms with E-state index < -0.39 is 0 Å². The average molecular weight is 316 g/mol. The fourth-order valence-electron chi connectivity index (χ4n) is 2.40. The molecule has 0 atom stereocenters. The predicted octanol–water partition coefficient (Wildman–Crippen LogP) is 1.71. The fourth-order valence-corrected chi connectivity index (χ4v) is 2.40. The molecule has 7 nitrogen and oxygen atoms in total. The van der Waals surface area contributed by atoms with Gasteiger partial charge in [-0.25, -0.2) is 0 Å². The van der Waals surface area contributed by atoms with Crippen molar-refractivity contribution in [1.82, 2.24) is 15.5 Å². The lowest BCUT2D eigenvalue weighted by atomic mass is 10.2. The number of aromatic nitrogens is 2. The summed E-state index contributed by atoms with van der Waals surface area (Å²) >= 11 is 0. The minimum absolute atomic E-state index is 0.0191. The minimum Gasteiger partial charge on any atom is -0.378 e. The van der Waals surface area contributed by atoms with Crippen LogP contribution in [-0.4, -0.2) is 48.4 Å². The van der Waals surface area contributed by atoms with Gasteiger partial charge in [-0.1, -0.05) is 5.16 Å². The molecule has 1 aliphatic heterocycles. The zero-order valence-electron chi connectivity index (χ0n) is 13.3. The minimum atomic E-state index is -0.358. The quantitative estimate of drug-likeness (QED) is 0.925. The number of hydrogen-bond acceptors (Lipinski definition) is 6. The number of anilines is 1.